The molecule has 0 radical (unpaired) electrons. The summed E-state index contributed by atoms with van der Waals surface area (Å²) in [6.07, 6.45) is 5.86. The average molecular weight is 321 g/mol. The fraction of sp³-hybridized carbons (Fsp3) is 0.556. The smallest absolute Gasteiger partial charge is 0.235 e. The Bertz CT molecular complexity index is 512. The molecule has 0 aliphatic carbocycles. The summed E-state index contributed by atoms with van der Waals surface area (Å²) in [6, 6.07) is 0. The van der Waals surface area contributed by atoms with Gasteiger partial charge in [0.25, 0.3) is 10.0 Å². The van der Waals surface area contributed by atoms with Crippen LogP contribution in [0, 0.1) is 12.3 Å². The molecular formula is C9H13BrN4O2S. The van der Waals surface area contributed by atoms with Crippen LogP contribution in [0.4, 0.5) is 0 Å². The first kappa shape index (κ1) is 14.2. The van der Waals surface area contributed by atoms with Crippen molar-refractivity contribution in [3.8, 4) is 12.3 Å². The average Bonchev–Trinajstić information content (AvgIpc) is 2.58. The molecule has 0 saturated carbocycles. The molecule has 17 heavy (non-hydrogen) atoms. The Morgan fingerprint density at radius 1 is 1.59 bits per heavy atom. The van der Waals surface area contributed by atoms with E-state index in [-0.39, 0.29) is 16.2 Å². The summed E-state index contributed by atoms with van der Waals surface area (Å²) in [4.78, 5) is 0. The maximum atomic E-state index is 12.3. The summed E-state index contributed by atoms with van der Waals surface area (Å²) in [5.41, 5.74) is 0. The third kappa shape index (κ3) is 2.86. The quantitative estimate of drug-likeness (QED) is 0.745. The molecule has 0 fully saturated rings. The largest absolute Gasteiger partial charge is 0.263 e. The van der Waals surface area contributed by atoms with Gasteiger partial charge in [-0.1, -0.05) is 18.1 Å². The molecule has 0 unspecified atom stereocenters. The first-order valence-corrected chi connectivity index (χ1v) is 7.17. The van der Waals surface area contributed by atoms with Crippen LogP contribution in [-0.4, -0.2) is 40.8 Å². The fourth-order valence-electron chi connectivity index (χ4n) is 1.35. The van der Waals surface area contributed by atoms with Gasteiger partial charge in [-0.2, -0.15) is 4.31 Å². The highest BCUT2D eigenvalue weighted by Crippen LogP contribution is 2.21. The summed E-state index contributed by atoms with van der Waals surface area (Å²) >= 11 is 3.07. The molecule has 1 rings (SSSR count). The monoisotopic (exact) mass is 320 g/mol. The third-order valence-corrected chi connectivity index (χ3v) is 4.80. The van der Waals surface area contributed by atoms with Crippen molar-refractivity contribution in [3.63, 3.8) is 0 Å². The molecule has 0 aliphatic heterocycles. The zero-order valence-electron chi connectivity index (χ0n) is 9.59. The van der Waals surface area contributed by atoms with Crippen LogP contribution < -0.4 is 0 Å². The Hall–Kier alpha value is -0.910. The molecule has 0 atom stereocenters. The van der Waals surface area contributed by atoms with Crippen molar-refractivity contribution in [1.29, 1.82) is 0 Å². The summed E-state index contributed by atoms with van der Waals surface area (Å²) in [5.74, 6) is 2.34. The van der Waals surface area contributed by atoms with Gasteiger partial charge in [-0.15, -0.1) is 11.5 Å². The van der Waals surface area contributed by atoms with Crippen molar-refractivity contribution in [1.82, 2.24) is 19.3 Å². The lowest BCUT2D eigenvalue weighted by Gasteiger charge is -2.18. The topological polar surface area (TPSA) is 68.1 Å². The van der Waals surface area contributed by atoms with Crippen molar-refractivity contribution >= 4 is 26.0 Å². The number of nitrogens with zero attached hydrogens (tertiary/aromatic N) is 4. The minimum atomic E-state index is -3.66. The molecule has 6 nitrogen and oxygen atoms in total. The lowest BCUT2D eigenvalue weighted by Crippen LogP contribution is -2.33. The molecular weight excluding hydrogens is 308 g/mol. The van der Waals surface area contributed by atoms with Crippen molar-refractivity contribution in [2.45, 2.75) is 18.4 Å². The van der Waals surface area contributed by atoms with Crippen LogP contribution in [0.15, 0.2) is 9.63 Å². The summed E-state index contributed by atoms with van der Waals surface area (Å²) < 4.78 is 27.3. The predicted octanol–water partition coefficient (Wildman–Crippen LogP) is 0.612. The lowest BCUT2D eigenvalue weighted by molar-refractivity contribution is 0.437. The van der Waals surface area contributed by atoms with Crippen molar-refractivity contribution in [3.05, 3.63) is 4.60 Å². The van der Waals surface area contributed by atoms with Gasteiger partial charge in [-0.05, 0) is 22.4 Å². The van der Waals surface area contributed by atoms with Gasteiger partial charge in [0.05, 0.1) is 6.54 Å². The Labute approximate surface area is 109 Å². The molecule has 0 amide bonds. The fourth-order valence-corrected chi connectivity index (χ4v) is 3.83. The second-order valence-electron chi connectivity index (χ2n) is 3.35. The van der Waals surface area contributed by atoms with Gasteiger partial charge in [0.15, 0.2) is 4.60 Å². The SMILES string of the molecule is C#CCN(CCC)S(=O)(=O)c1c(Br)nnn1C. The molecule has 1 aromatic rings. The van der Waals surface area contributed by atoms with Gasteiger partial charge < -0.3 is 0 Å². The number of aromatic nitrogens is 3. The summed E-state index contributed by atoms with van der Waals surface area (Å²) in [5, 5.41) is 7.32. The number of aryl methyl sites for hydroxylation is 1. The van der Waals surface area contributed by atoms with Crippen molar-refractivity contribution in [2.75, 3.05) is 13.1 Å². The molecule has 1 aromatic heterocycles. The maximum absolute atomic E-state index is 12.3. The molecule has 0 bridgehead atoms. The number of hydrogen-bond acceptors (Lipinski definition) is 4. The van der Waals surface area contributed by atoms with Crippen molar-refractivity contribution in [2.24, 2.45) is 7.05 Å². The van der Waals surface area contributed by atoms with Crippen molar-refractivity contribution < 1.29 is 8.42 Å². The van der Waals surface area contributed by atoms with Crippen LogP contribution in [0.25, 0.3) is 0 Å². The first-order chi connectivity index (χ1) is 7.95. The van der Waals surface area contributed by atoms with Gasteiger partial charge in [0.2, 0.25) is 5.03 Å². The Kier molecular flexibility index (Phi) is 4.68. The zero-order valence-corrected chi connectivity index (χ0v) is 12.0. The Balaban J connectivity index is 3.22. The van der Waals surface area contributed by atoms with Gasteiger partial charge in [0, 0.05) is 13.6 Å². The number of terminal acetylenes is 1. The Morgan fingerprint density at radius 2 is 2.24 bits per heavy atom. The molecule has 1 heterocycles. The Morgan fingerprint density at radius 3 is 2.65 bits per heavy atom. The summed E-state index contributed by atoms with van der Waals surface area (Å²) in [6.45, 7) is 2.29. The van der Waals surface area contributed by atoms with Gasteiger partial charge in [-0.3, -0.25) is 0 Å². The van der Waals surface area contributed by atoms with E-state index in [4.69, 9.17) is 6.42 Å². The van der Waals surface area contributed by atoms with Gasteiger partial charge in [-0.25, -0.2) is 13.1 Å². The van der Waals surface area contributed by atoms with E-state index in [0.29, 0.717) is 13.0 Å². The molecule has 0 aromatic carbocycles. The number of sulfonamides is 1. The van der Waals surface area contributed by atoms with E-state index in [0.717, 1.165) is 0 Å². The van der Waals surface area contributed by atoms with E-state index < -0.39 is 10.0 Å². The molecule has 94 valence electrons. The van der Waals surface area contributed by atoms with Crippen LogP contribution >= 0.6 is 15.9 Å². The lowest BCUT2D eigenvalue weighted by atomic mass is 10.5. The second kappa shape index (κ2) is 5.62. The van der Waals surface area contributed by atoms with Gasteiger partial charge >= 0.3 is 0 Å². The van der Waals surface area contributed by atoms with Crippen LogP contribution in [0.1, 0.15) is 13.3 Å². The molecule has 8 heteroatoms. The van der Waals surface area contributed by atoms with Crippen LogP contribution in [-0.2, 0) is 17.1 Å². The van der Waals surface area contributed by atoms with E-state index in [1.165, 1.54) is 16.0 Å². The molecule has 0 spiro atoms. The van der Waals surface area contributed by atoms with E-state index >= 15 is 0 Å². The predicted molar refractivity (Wildman–Crippen MR) is 66.6 cm³/mol. The number of hydrogen-bond donors (Lipinski definition) is 0. The molecule has 0 N–H and O–H groups in total. The minimum absolute atomic E-state index is 0.0150. The standard InChI is InChI=1S/C9H13BrN4O2S/c1-4-6-14(7-5-2)17(15,16)9-8(10)11-12-13(9)3/h1H,5-7H2,2-3H3. The molecule has 0 aliphatic rings. The van der Waals surface area contributed by atoms with Crippen LogP contribution in [0.3, 0.4) is 0 Å². The highest BCUT2D eigenvalue weighted by molar-refractivity contribution is 9.10. The van der Waals surface area contributed by atoms with Crippen LogP contribution in [0.5, 0.6) is 0 Å². The summed E-state index contributed by atoms with van der Waals surface area (Å²) in [7, 11) is -2.14. The van der Waals surface area contributed by atoms with E-state index in [2.05, 4.69) is 32.2 Å². The second-order valence-corrected chi connectivity index (χ2v) is 5.96. The maximum Gasteiger partial charge on any atom is 0.263 e. The first-order valence-electron chi connectivity index (χ1n) is 4.94. The van der Waals surface area contributed by atoms with E-state index in [1.54, 1.807) is 0 Å². The normalized spacial score (nSPS) is 11.7. The van der Waals surface area contributed by atoms with Crippen LogP contribution in [0.2, 0.25) is 0 Å². The highest BCUT2D eigenvalue weighted by atomic mass is 79.9. The van der Waals surface area contributed by atoms with Gasteiger partial charge in [0.1, 0.15) is 0 Å². The minimum Gasteiger partial charge on any atom is -0.235 e. The molecule has 0 saturated heterocycles. The van der Waals surface area contributed by atoms with E-state index in [1.807, 2.05) is 6.92 Å². The third-order valence-electron chi connectivity index (χ3n) is 2.06. The number of halogens is 1. The number of rotatable bonds is 5. The van der Waals surface area contributed by atoms with E-state index in [9.17, 15) is 8.42 Å². The highest BCUT2D eigenvalue weighted by Gasteiger charge is 2.29. The zero-order chi connectivity index (χ0) is 13.1.